The molecule has 1 saturated heterocycles. The van der Waals surface area contributed by atoms with E-state index in [1.54, 1.807) is 0 Å². The summed E-state index contributed by atoms with van der Waals surface area (Å²) in [5.41, 5.74) is 3.33. The highest BCUT2D eigenvalue weighted by Gasteiger charge is 2.16. The van der Waals surface area contributed by atoms with E-state index in [1.807, 2.05) is 43.0 Å². The summed E-state index contributed by atoms with van der Waals surface area (Å²) >= 11 is 0. The van der Waals surface area contributed by atoms with Crippen LogP contribution in [0.2, 0.25) is 0 Å². The molecule has 0 atom stereocenters. The van der Waals surface area contributed by atoms with Crippen LogP contribution in [0.5, 0.6) is 0 Å². The van der Waals surface area contributed by atoms with Crippen molar-refractivity contribution in [3.8, 4) is 0 Å². The molecule has 1 aliphatic heterocycles. The Morgan fingerprint density at radius 1 is 1.08 bits per heavy atom. The minimum Gasteiger partial charge on any atom is -0.351 e. The molecular formula is C21H27N3O2. The van der Waals surface area contributed by atoms with Crippen molar-refractivity contribution in [2.45, 2.75) is 46.0 Å². The lowest BCUT2D eigenvalue weighted by Crippen LogP contribution is -2.35. The molecule has 0 bridgehead atoms. The highest BCUT2D eigenvalue weighted by molar-refractivity contribution is 5.98. The Balaban J connectivity index is 1.59. The molecule has 3 rings (SSSR count). The van der Waals surface area contributed by atoms with Crippen LogP contribution in [0, 0.1) is 13.8 Å². The number of fused-ring (bicyclic) bond motifs is 1. The molecule has 1 aromatic carbocycles. The Kier molecular flexibility index (Phi) is 5.86. The Bertz CT molecular complexity index is 808. The lowest BCUT2D eigenvalue weighted by Gasteiger charge is -2.20. The Morgan fingerprint density at radius 3 is 2.54 bits per heavy atom. The number of nitrogens with one attached hydrogen (secondary N) is 1. The van der Waals surface area contributed by atoms with Crippen molar-refractivity contribution in [2.24, 2.45) is 0 Å². The third-order valence-corrected chi connectivity index (χ3v) is 4.99. The molecule has 0 unspecified atom stereocenters. The first-order chi connectivity index (χ1) is 12.5. The molecule has 26 heavy (non-hydrogen) atoms. The predicted molar refractivity (Wildman–Crippen MR) is 103 cm³/mol. The van der Waals surface area contributed by atoms with Crippen LogP contribution in [0.15, 0.2) is 24.3 Å². The first-order valence-electron chi connectivity index (χ1n) is 9.48. The summed E-state index contributed by atoms with van der Waals surface area (Å²) < 4.78 is 0. The van der Waals surface area contributed by atoms with Gasteiger partial charge in [-0.1, -0.05) is 25.0 Å². The molecule has 5 nitrogen and oxygen atoms in total. The fraction of sp³-hybridized carbons (Fsp3) is 0.476. The maximum absolute atomic E-state index is 12.5. The lowest BCUT2D eigenvalue weighted by atomic mass is 10.1. The molecular weight excluding hydrogens is 326 g/mol. The second-order valence-corrected chi connectivity index (χ2v) is 7.12. The zero-order valence-corrected chi connectivity index (χ0v) is 15.7. The van der Waals surface area contributed by atoms with Gasteiger partial charge in [0.15, 0.2) is 0 Å². The van der Waals surface area contributed by atoms with Gasteiger partial charge in [-0.25, -0.2) is 0 Å². The minimum absolute atomic E-state index is 0.135. The number of hydrogen-bond acceptors (Lipinski definition) is 3. The standard InChI is InChI=1S/C21H27N3O2/c1-15-7-8-17-14-18(16(2)23-19(17)13-15)21(26)22-10-9-20(25)24-11-5-3-4-6-12-24/h7-8,13-14H,3-6,9-12H2,1-2H3,(H,22,26). The monoisotopic (exact) mass is 353 g/mol. The van der Waals surface area contributed by atoms with Crippen molar-refractivity contribution < 1.29 is 9.59 Å². The number of hydrogen-bond donors (Lipinski definition) is 1. The molecule has 5 heteroatoms. The van der Waals surface area contributed by atoms with Crippen LogP contribution < -0.4 is 5.32 Å². The summed E-state index contributed by atoms with van der Waals surface area (Å²) in [6.07, 6.45) is 4.92. The van der Waals surface area contributed by atoms with E-state index >= 15 is 0 Å². The summed E-state index contributed by atoms with van der Waals surface area (Å²) in [7, 11) is 0. The van der Waals surface area contributed by atoms with E-state index in [0.717, 1.165) is 42.4 Å². The van der Waals surface area contributed by atoms with E-state index in [1.165, 1.54) is 12.8 Å². The molecule has 2 heterocycles. The normalized spacial score (nSPS) is 14.9. The van der Waals surface area contributed by atoms with Crippen LogP contribution in [-0.2, 0) is 4.79 Å². The van der Waals surface area contributed by atoms with Gasteiger partial charge in [0, 0.05) is 31.4 Å². The highest BCUT2D eigenvalue weighted by atomic mass is 16.2. The van der Waals surface area contributed by atoms with E-state index < -0.39 is 0 Å². The minimum atomic E-state index is -0.166. The number of carbonyl (C=O) groups is 2. The molecule has 1 fully saturated rings. The Morgan fingerprint density at radius 2 is 1.81 bits per heavy atom. The number of rotatable bonds is 4. The lowest BCUT2D eigenvalue weighted by molar-refractivity contribution is -0.131. The molecule has 138 valence electrons. The van der Waals surface area contributed by atoms with Crippen LogP contribution in [0.1, 0.15) is 53.7 Å². The van der Waals surface area contributed by atoms with Gasteiger partial charge >= 0.3 is 0 Å². The number of aromatic nitrogens is 1. The fourth-order valence-electron chi connectivity index (χ4n) is 3.46. The van der Waals surface area contributed by atoms with E-state index in [-0.39, 0.29) is 11.8 Å². The van der Waals surface area contributed by atoms with Crippen molar-refractivity contribution in [1.29, 1.82) is 0 Å². The van der Waals surface area contributed by atoms with Gasteiger partial charge in [0.05, 0.1) is 16.8 Å². The van der Waals surface area contributed by atoms with E-state index in [0.29, 0.717) is 24.2 Å². The average Bonchev–Trinajstić information content (AvgIpc) is 2.90. The third kappa shape index (κ3) is 4.40. The van der Waals surface area contributed by atoms with Crippen molar-refractivity contribution in [3.63, 3.8) is 0 Å². The summed E-state index contributed by atoms with van der Waals surface area (Å²) in [6.45, 7) is 5.93. The van der Waals surface area contributed by atoms with Crippen molar-refractivity contribution in [3.05, 3.63) is 41.1 Å². The Labute approximate surface area is 154 Å². The predicted octanol–water partition coefficient (Wildman–Crippen LogP) is 3.37. The van der Waals surface area contributed by atoms with E-state index in [2.05, 4.69) is 10.3 Å². The zero-order valence-electron chi connectivity index (χ0n) is 15.7. The van der Waals surface area contributed by atoms with E-state index in [9.17, 15) is 9.59 Å². The zero-order chi connectivity index (χ0) is 18.5. The molecule has 0 aliphatic carbocycles. The number of amides is 2. The maximum atomic E-state index is 12.5. The molecule has 1 N–H and O–H groups in total. The van der Waals surface area contributed by atoms with Gasteiger partial charge < -0.3 is 10.2 Å². The first-order valence-corrected chi connectivity index (χ1v) is 9.48. The fourth-order valence-corrected chi connectivity index (χ4v) is 3.46. The summed E-state index contributed by atoms with van der Waals surface area (Å²) in [5, 5.41) is 3.83. The Hall–Kier alpha value is -2.43. The number of nitrogens with zero attached hydrogens (tertiary/aromatic N) is 2. The molecule has 1 aromatic heterocycles. The second kappa shape index (κ2) is 8.30. The van der Waals surface area contributed by atoms with Crippen LogP contribution in [0.25, 0.3) is 10.9 Å². The molecule has 2 amide bonds. The van der Waals surface area contributed by atoms with Gasteiger partial charge in [0.1, 0.15) is 0 Å². The van der Waals surface area contributed by atoms with Crippen molar-refractivity contribution in [2.75, 3.05) is 19.6 Å². The molecule has 0 radical (unpaired) electrons. The van der Waals surface area contributed by atoms with Gasteiger partial charge in [0.2, 0.25) is 5.91 Å². The van der Waals surface area contributed by atoms with Crippen molar-refractivity contribution >= 4 is 22.7 Å². The van der Waals surface area contributed by atoms with Gasteiger partial charge in [-0.3, -0.25) is 14.6 Å². The molecule has 2 aromatic rings. The topological polar surface area (TPSA) is 62.3 Å². The third-order valence-electron chi connectivity index (χ3n) is 4.99. The number of carbonyl (C=O) groups excluding carboxylic acids is 2. The highest BCUT2D eigenvalue weighted by Crippen LogP contribution is 2.18. The SMILES string of the molecule is Cc1ccc2cc(C(=O)NCCC(=O)N3CCCCCC3)c(C)nc2c1. The number of benzene rings is 1. The van der Waals surface area contributed by atoms with Gasteiger partial charge in [0.25, 0.3) is 5.91 Å². The number of pyridine rings is 1. The van der Waals surface area contributed by atoms with Gasteiger partial charge in [-0.15, -0.1) is 0 Å². The number of likely N-dealkylation sites (tertiary alicyclic amines) is 1. The summed E-state index contributed by atoms with van der Waals surface area (Å²) in [6, 6.07) is 7.89. The second-order valence-electron chi connectivity index (χ2n) is 7.12. The van der Waals surface area contributed by atoms with Crippen LogP contribution >= 0.6 is 0 Å². The van der Waals surface area contributed by atoms with Crippen LogP contribution in [-0.4, -0.2) is 41.3 Å². The molecule has 1 aliphatic rings. The van der Waals surface area contributed by atoms with Gasteiger partial charge in [-0.05, 0) is 44.4 Å². The van der Waals surface area contributed by atoms with Crippen LogP contribution in [0.4, 0.5) is 0 Å². The van der Waals surface area contributed by atoms with Crippen molar-refractivity contribution in [1.82, 2.24) is 15.2 Å². The molecule has 0 spiro atoms. The van der Waals surface area contributed by atoms with E-state index in [4.69, 9.17) is 0 Å². The number of aryl methyl sites for hydroxylation is 2. The van der Waals surface area contributed by atoms with Crippen LogP contribution in [0.3, 0.4) is 0 Å². The maximum Gasteiger partial charge on any atom is 0.253 e. The quantitative estimate of drug-likeness (QED) is 0.917. The van der Waals surface area contributed by atoms with Gasteiger partial charge in [-0.2, -0.15) is 0 Å². The summed E-state index contributed by atoms with van der Waals surface area (Å²) in [4.78, 5) is 31.3. The largest absolute Gasteiger partial charge is 0.351 e. The first kappa shape index (κ1) is 18.4. The smallest absolute Gasteiger partial charge is 0.253 e. The average molecular weight is 353 g/mol. The summed E-state index contributed by atoms with van der Waals surface area (Å²) in [5.74, 6) is -0.0304. The molecule has 0 saturated carbocycles.